The third-order valence-electron chi connectivity index (χ3n) is 6.22. The summed E-state index contributed by atoms with van der Waals surface area (Å²) in [5.41, 5.74) is 3.33. The molecule has 0 aliphatic carbocycles. The highest BCUT2D eigenvalue weighted by atomic mass is 32.1. The van der Waals surface area contributed by atoms with Crippen LogP contribution in [0.4, 0.5) is 0 Å². The Morgan fingerprint density at radius 1 is 0.793 bits per heavy atom. The van der Waals surface area contributed by atoms with Gasteiger partial charge in [0.25, 0.3) is 0 Å². The van der Waals surface area contributed by atoms with Gasteiger partial charge in [-0.1, -0.05) is 80.1 Å². The lowest BCUT2D eigenvalue weighted by Gasteiger charge is -2.22. The molecule has 0 fully saturated rings. The Labute approximate surface area is 189 Å². The second kappa shape index (κ2) is 11.7. The van der Waals surface area contributed by atoms with Crippen molar-refractivity contribution in [3.8, 4) is 0 Å². The molecule has 29 heavy (non-hydrogen) atoms. The Morgan fingerprint density at radius 2 is 1.31 bits per heavy atom. The normalized spacial score (nSPS) is 12.2. The zero-order chi connectivity index (χ0) is 21.4. The van der Waals surface area contributed by atoms with E-state index in [1.165, 1.54) is 69.0 Å². The van der Waals surface area contributed by atoms with E-state index in [1.807, 2.05) is 11.3 Å². The predicted octanol–water partition coefficient (Wildman–Crippen LogP) is 7.76. The van der Waals surface area contributed by atoms with Gasteiger partial charge in [-0.25, -0.2) is 0 Å². The van der Waals surface area contributed by atoms with Crippen LogP contribution in [-0.4, -0.2) is 7.85 Å². The molecule has 2 heterocycles. The summed E-state index contributed by atoms with van der Waals surface area (Å²) in [5.74, 6) is 0.630. The van der Waals surface area contributed by atoms with E-state index in [0.29, 0.717) is 5.92 Å². The van der Waals surface area contributed by atoms with Crippen molar-refractivity contribution in [3.63, 3.8) is 0 Å². The van der Waals surface area contributed by atoms with Gasteiger partial charge in [0.05, 0.1) is 0 Å². The minimum absolute atomic E-state index is 0.118. The first-order valence-electron chi connectivity index (χ1n) is 12.0. The summed E-state index contributed by atoms with van der Waals surface area (Å²) >= 11 is 4.11. The molecule has 0 aliphatic heterocycles. The molecule has 0 atom stereocenters. The molecular weight excluding hydrogens is 387 g/mol. The molecule has 2 aromatic rings. The van der Waals surface area contributed by atoms with Crippen LogP contribution in [0.5, 0.6) is 0 Å². The smallest absolute Gasteiger partial charge is 0.152 e. The van der Waals surface area contributed by atoms with Crippen LogP contribution in [0.25, 0.3) is 0 Å². The van der Waals surface area contributed by atoms with Gasteiger partial charge in [0.1, 0.15) is 0 Å². The number of thiophene rings is 2. The number of hydrogen-bond acceptors (Lipinski definition) is 2. The van der Waals surface area contributed by atoms with E-state index in [0.717, 1.165) is 0 Å². The standard InChI is InChI=1S/C26H43BS2/c1-7-9-11-13-15-20-17-22(28-24(20)19(3)4)26(5,6)23-18-21(25(27)29-23)16-14-12-10-8-2/h17-19H,7-16,27H2,1-6H3. The van der Waals surface area contributed by atoms with Crippen LogP contribution < -0.4 is 4.78 Å². The first-order valence-corrected chi connectivity index (χ1v) is 13.7. The first kappa shape index (κ1) is 24.7. The van der Waals surface area contributed by atoms with Gasteiger partial charge in [0, 0.05) is 20.0 Å². The van der Waals surface area contributed by atoms with Gasteiger partial charge in [-0.2, -0.15) is 11.3 Å². The zero-order valence-corrected chi connectivity index (χ0v) is 21.8. The summed E-state index contributed by atoms with van der Waals surface area (Å²) in [6.45, 7) is 14.2. The van der Waals surface area contributed by atoms with Gasteiger partial charge < -0.3 is 0 Å². The van der Waals surface area contributed by atoms with E-state index in [1.54, 1.807) is 25.8 Å². The fourth-order valence-corrected chi connectivity index (χ4v) is 6.70. The second-order valence-corrected chi connectivity index (χ2v) is 11.9. The maximum absolute atomic E-state index is 2.56. The van der Waals surface area contributed by atoms with Crippen molar-refractivity contribution >= 4 is 35.3 Å². The highest BCUT2D eigenvalue weighted by Gasteiger charge is 2.29. The van der Waals surface area contributed by atoms with E-state index < -0.39 is 0 Å². The monoisotopic (exact) mass is 430 g/mol. The van der Waals surface area contributed by atoms with E-state index >= 15 is 0 Å². The van der Waals surface area contributed by atoms with Gasteiger partial charge in [0.15, 0.2) is 7.85 Å². The molecule has 162 valence electrons. The van der Waals surface area contributed by atoms with Gasteiger partial charge >= 0.3 is 0 Å². The molecule has 0 saturated carbocycles. The van der Waals surface area contributed by atoms with E-state index in [2.05, 4.69) is 72.9 Å². The maximum atomic E-state index is 2.56. The molecule has 0 aromatic carbocycles. The Bertz CT molecular complexity index is 736. The minimum atomic E-state index is 0.118. The van der Waals surface area contributed by atoms with Crippen LogP contribution >= 0.6 is 22.7 Å². The fourth-order valence-electron chi connectivity index (χ4n) is 4.12. The fraction of sp³-hybridized carbons (Fsp3) is 0.692. The molecule has 0 saturated heterocycles. The molecule has 0 N–H and O–H groups in total. The molecule has 0 bridgehead atoms. The Balaban J connectivity index is 2.19. The summed E-state index contributed by atoms with van der Waals surface area (Å²) in [5, 5.41) is 0. The molecule has 0 nitrogen and oxygen atoms in total. The molecule has 0 aliphatic rings. The lowest BCUT2D eigenvalue weighted by Crippen LogP contribution is -2.15. The molecule has 0 radical (unpaired) electrons. The summed E-state index contributed by atoms with van der Waals surface area (Å²) < 4.78 is 1.53. The van der Waals surface area contributed by atoms with Crippen LogP contribution in [0.3, 0.4) is 0 Å². The van der Waals surface area contributed by atoms with E-state index in [9.17, 15) is 0 Å². The number of unbranched alkanes of at least 4 members (excludes halogenated alkanes) is 6. The quantitative estimate of drug-likeness (QED) is 0.225. The lowest BCUT2D eigenvalue weighted by atomic mass is 9.87. The SMILES string of the molecule is Bc1sc(C(C)(C)c2cc(CCCCCC)c(C(C)C)s2)cc1CCCCCC. The molecule has 3 heteroatoms. The molecule has 0 unspecified atom stereocenters. The van der Waals surface area contributed by atoms with Crippen LogP contribution in [0.15, 0.2) is 12.1 Å². The molecule has 2 aromatic heterocycles. The molecule has 2 rings (SSSR count). The lowest BCUT2D eigenvalue weighted by molar-refractivity contribution is 0.656. The summed E-state index contributed by atoms with van der Waals surface area (Å²) in [4.78, 5) is 4.73. The van der Waals surface area contributed by atoms with Gasteiger partial charge in [0.2, 0.25) is 0 Å². The van der Waals surface area contributed by atoms with Crippen LogP contribution in [0, 0.1) is 0 Å². The van der Waals surface area contributed by atoms with Crippen molar-refractivity contribution in [2.45, 2.75) is 117 Å². The average molecular weight is 431 g/mol. The number of aryl methyl sites for hydroxylation is 2. The molecular formula is C26H43BS2. The van der Waals surface area contributed by atoms with Crippen molar-refractivity contribution in [2.24, 2.45) is 0 Å². The second-order valence-electron chi connectivity index (χ2n) is 9.59. The molecule has 0 spiro atoms. The number of rotatable bonds is 13. The summed E-state index contributed by atoms with van der Waals surface area (Å²) in [6, 6.07) is 5.09. The predicted molar refractivity (Wildman–Crippen MR) is 139 cm³/mol. The average Bonchev–Trinajstić information content (AvgIpc) is 3.27. The van der Waals surface area contributed by atoms with Crippen LogP contribution in [0.1, 0.15) is 125 Å². The third-order valence-corrected chi connectivity index (χ3v) is 9.44. The summed E-state index contributed by atoms with van der Waals surface area (Å²) in [6.07, 6.45) is 13.3. The van der Waals surface area contributed by atoms with Crippen molar-refractivity contribution < 1.29 is 0 Å². The third kappa shape index (κ3) is 6.72. The van der Waals surface area contributed by atoms with Gasteiger partial charge in [-0.15, -0.1) is 11.3 Å². The topological polar surface area (TPSA) is 0 Å². The van der Waals surface area contributed by atoms with E-state index in [4.69, 9.17) is 0 Å². The zero-order valence-electron chi connectivity index (χ0n) is 20.1. The summed E-state index contributed by atoms with van der Waals surface area (Å²) in [7, 11) is 2.33. The highest BCUT2D eigenvalue weighted by molar-refractivity contribution is 7.20. The number of hydrogen-bond donors (Lipinski definition) is 0. The highest BCUT2D eigenvalue weighted by Crippen LogP contribution is 2.42. The van der Waals surface area contributed by atoms with E-state index in [-0.39, 0.29) is 5.41 Å². The Hall–Kier alpha value is -0.535. The van der Waals surface area contributed by atoms with Crippen molar-refractivity contribution in [1.82, 2.24) is 0 Å². The van der Waals surface area contributed by atoms with Crippen molar-refractivity contribution in [2.75, 3.05) is 0 Å². The van der Waals surface area contributed by atoms with Crippen LogP contribution in [-0.2, 0) is 18.3 Å². The maximum Gasteiger partial charge on any atom is 0.152 e. The van der Waals surface area contributed by atoms with Gasteiger partial charge in [-0.3, -0.25) is 0 Å². The van der Waals surface area contributed by atoms with Crippen molar-refractivity contribution in [3.05, 3.63) is 37.9 Å². The van der Waals surface area contributed by atoms with Crippen LogP contribution in [0.2, 0.25) is 0 Å². The largest absolute Gasteiger partial charge is 0.155 e. The minimum Gasteiger partial charge on any atom is -0.155 e. The molecule has 0 amide bonds. The first-order chi connectivity index (χ1) is 13.8. The van der Waals surface area contributed by atoms with Gasteiger partial charge in [-0.05, 0) is 59.6 Å². The Kier molecular flexibility index (Phi) is 10.0. The van der Waals surface area contributed by atoms with Crippen molar-refractivity contribution in [1.29, 1.82) is 0 Å². The Morgan fingerprint density at radius 3 is 1.86 bits per heavy atom.